The molecule has 118 valence electrons. The summed E-state index contributed by atoms with van der Waals surface area (Å²) in [5.74, 6) is 1.07. The second-order valence-electron chi connectivity index (χ2n) is 6.89. The molecule has 0 bridgehead atoms. The van der Waals surface area contributed by atoms with Crippen LogP contribution < -0.4 is 5.32 Å². The molecule has 0 radical (unpaired) electrons. The van der Waals surface area contributed by atoms with Crippen molar-refractivity contribution in [2.24, 2.45) is 0 Å². The maximum absolute atomic E-state index is 12.2. The van der Waals surface area contributed by atoms with Crippen LogP contribution in [0, 0.1) is 0 Å². The molecule has 1 saturated carbocycles. The lowest BCUT2D eigenvalue weighted by Crippen LogP contribution is -2.51. The van der Waals surface area contributed by atoms with Gasteiger partial charge in [0.05, 0.1) is 6.61 Å². The smallest absolute Gasteiger partial charge is 0.326 e. The highest BCUT2D eigenvalue weighted by Gasteiger charge is 2.39. The van der Waals surface area contributed by atoms with Crippen LogP contribution in [-0.4, -0.2) is 34.7 Å². The van der Waals surface area contributed by atoms with Crippen LogP contribution in [0.3, 0.4) is 0 Å². The Morgan fingerprint density at radius 2 is 1.90 bits per heavy atom. The molecular weight excluding hydrogens is 270 g/mol. The molecule has 0 heterocycles. The van der Waals surface area contributed by atoms with Crippen molar-refractivity contribution in [1.82, 2.24) is 5.32 Å². The lowest BCUT2D eigenvalue weighted by Gasteiger charge is -2.29. The van der Waals surface area contributed by atoms with Crippen LogP contribution in [0.5, 0.6) is 0 Å². The lowest BCUT2D eigenvalue weighted by molar-refractivity contribution is -0.151. The monoisotopic (exact) mass is 301 g/mol. The summed E-state index contributed by atoms with van der Waals surface area (Å²) < 4.78 is 5.57. The first-order chi connectivity index (χ1) is 9.27. The Morgan fingerprint density at radius 3 is 2.40 bits per heavy atom. The van der Waals surface area contributed by atoms with E-state index in [2.05, 4.69) is 26.1 Å². The van der Waals surface area contributed by atoms with Crippen molar-refractivity contribution in [2.45, 2.75) is 83.1 Å². The van der Waals surface area contributed by atoms with E-state index in [0.29, 0.717) is 17.4 Å². The molecule has 1 unspecified atom stereocenters. The Hall–Kier alpha value is -0.220. The molecule has 1 N–H and O–H groups in total. The zero-order chi connectivity index (χ0) is 15.2. The molecule has 1 aliphatic carbocycles. The van der Waals surface area contributed by atoms with Crippen LogP contribution in [0.15, 0.2) is 0 Å². The van der Waals surface area contributed by atoms with E-state index >= 15 is 0 Å². The van der Waals surface area contributed by atoms with Crippen LogP contribution in [0.25, 0.3) is 0 Å². The molecule has 1 aliphatic rings. The third-order valence-corrected chi connectivity index (χ3v) is 4.79. The molecule has 1 atom stereocenters. The number of carbonyl (C=O) groups excluding carboxylic acids is 1. The zero-order valence-electron chi connectivity index (χ0n) is 13.8. The summed E-state index contributed by atoms with van der Waals surface area (Å²) in [7, 11) is 0. The van der Waals surface area contributed by atoms with Crippen LogP contribution >= 0.6 is 11.8 Å². The predicted molar refractivity (Wildman–Crippen MR) is 87.3 cm³/mol. The van der Waals surface area contributed by atoms with Gasteiger partial charge in [-0.3, -0.25) is 10.1 Å². The molecule has 0 aromatic carbocycles. The van der Waals surface area contributed by atoms with E-state index in [0.717, 1.165) is 25.0 Å². The number of carbonyl (C=O) groups is 1. The molecule has 1 fully saturated rings. The van der Waals surface area contributed by atoms with Crippen LogP contribution in [-0.2, 0) is 9.53 Å². The van der Waals surface area contributed by atoms with E-state index in [4.69, 9.17) is 4.74 Å². The lowest BCUT2D eigenvalue weighted by atomic mass is 9.94. The summed E-state index contributed by atoms with van der Waals surface area (Å²) in [6.45, 7) is 11.1. The molecule has 0 aliphatic heterocycles. The first-order valence-corrected chi connectivity index (χ1v) is 8.84. The summed E-state index contributed by atoms with van der Waals surface area (Å²) in [6.07, 6.45) is 5.47. The molecule has 0 saturated heterocycles. The maximum atomic E-state index is 12.2. The average Bonchev–Trinajstić information content (AvgIpc) is 3.11. The SMILES string of the molecule is CCOC(=O)C(C)(CCCCSC(C)(C)C)NC1CC1. The van der Waals surface area contributed by atoms with Crippen molar-refractivity contribution in [2.75, 3.05) is 12.4 Å². The Labute approximate surface area is 128 Å². The van der Waals surface area contributed by atoms with Crippen molar-refractivity contribution in [3.63, 3.8) is 0 Å². The first kappa shape index (κ1) is 17.8. The van der Waals surface area contributed by atoms with Gasteiger partial charge in [0.1, 0.15) is 5.54 Å². The van der Waals surface area contributed by atoms with Crippen molar-refractivity contribution >= 4 is 17.7 Å². The molecule has 0 aromatic rings. The highest BCUT2D eigenvalue weighted by Crippen LogP contribution is 2.28. The van der Waals surface area contributed by atoms with Crippen LogP contribution in [0.4, 0.5) is 0 Å². The molecule has 4 heteroatoms. The number of hydrogen-bond donors (Lipinski definition) is 1. The van der Waals surface area contributed by atoms with Gasteiger partial charge in [-0.1, -0.05) is 27.2 Å². The fourth-order valence-corrected chi connectivity index (χ4v) is 3.12. The highest BCUT2D eigenvalue weighted by molar-refractivity contribution is 8.00. The van der Waals surface area contributed by atoms with Crippen molar-refractivity contribution in [3.8, 4) is 0 Å². The predicted octanol–water partition coefficient (Wildman–Crippen LogP) is 3.76. The first-order valence-electron chi connectivity index (χ1n) is 7.86. The number of unbranched alkanes of at least 4 members (excludes halogenated alkanes) is 1. The van der Waals surface area contributed by atoms with Crippen LogP contribution in [0.2, 0.25) is 0 Å². The van der Waals surface area contributed by atoms with E-state index < -0.39 is 5.54 Å². The van der Waals surface area contributed by atoms with Gasteiger partial charge in [-0.15, -0.1) is 0 Å². The highest BCUT2D eigenvalue weighted by atomic mass is 32.2. The minimum absolute atomic E-state index is 0.0876. The molecular formula is C16H31NO2S. The molecule has 3 nitrogen and oxygen atoms in total. The number of esters is 1. The summed E-state index contributed by atoms with van der Waals surface area (Å²) in [5.41, 5.74) is -0.496. The fourth-order valence-electron chi connectivity index (χ4n) is 2.16. The Morgan fingerprint density at radius 1 is 1.25 bits per heavy atom. The van der Waals surface area contributed by atoms with Gasteiger partial charge >= 0.3 is 5.97 Å². The number of thioether (sulfide) groups is 1. The van der Waals surface area contributed by atoms with Gasteiger partial charge in [0.2, 0.25) is 0 Å². The van der Waals surface area contributed by atoms with Gasteiger partial charge < -0.3 is 4.74 Å². The average molecular weight is 301 g/mol. The Bertz CT molecular complexity index is 310. The number of nitrogens with one attached hydrogen (secondary N) is 1. The summed E-state index contributed by atoms with van der Waals surface area (Å²) in [6, 6.07) is 0.522. The van der Waals surface area contributed by atoms with Gasteiger partial charge in [0, 0.05) is 10.8 Å². The third kappa shape index (κ3) is 6.98. The molecule has 1 rings (SSSR count). The van der Waals surface area contributed by atoms with Crippen LogP contribution in [0.1, 0.15) is 66.7 Å². The van der Waals surface area contributed by atoms with E-state index in [1.54, 1.807) is 0 Å². The second kappa shape index (κ2) is 7.69. The fraction of sp³-hybridized carbons (Fsp3) is 0.938. The van der Waals surface area contributed by atoms with E-state index in [-0.39, 0.29) is 5.97 Å². The minimum atomic E-state index is -0.496. The van der Waals surface area contributed by atoms with Gasteiger partial charge in [-0.25, -0.2) is 0 Å². The largest absolute Gasteiger partial charge is 0.465 e. The summed E-state index contributed by atoms with van der Waals surface area (Å²) >= 11 is 1.99. The zero-order valence-corrected chi connectivity index (χ0v) is 14.6. The summed E-state index contributed by atoms with van der Waals surface area (Å²) in [5, 5.41) is 3.48. The molecule has 0 spiro atoms. The molecule has 0 aromatic heterocycles. The van der Waals surface area contributed by atoms with Gasteiger partial charge in [0.15, 0.2) is 0 Å². The third-order valence-electron chi connectivity index (χ3n) is 3.43. The molecule has 0 amide bonds. The number of hydrogen-bond acceptors (Lipinski definition) is 4. The van der Waals surface area contributed by atoms with Gasteiger partial charge in [-0.05, 0) is 45.3 Å². The quantitative estimate of drug-likeness (QED) is 0.520. The Balaban J connectivity index is 2.34. The van der Waals surface area contributed by atoms with Crippen molar-refractivity contribution < 1.29 is 9.53 Å². The maximum Gasteiger partial charge on any atom is 0.326 e. The molecule has 20 heavy (non-hydrogen) atoms. The van der Waals surface area contributed by atoms with Crippen molar-refractivity contribution in [3.05, 3.63) is 0 Å². The number of rotatable bonds is 9. The number of ether oxygens (including phenoxy) is 1. The van der Waals surface area contributed by atoms with Gasteiger partial charge in [-0.2, -0.15) is 11.8 Å². The second-order valence-corrected chi connectivity index (χ2v) is 8.81. The van der Waals surface area contributed by atoms with Crippen molar-refractivity contribution in [1.29, 1.82) is 0 Å². The normalized spacial score (nSPS) is 18.6. The Kier molecular flexibility index (Phi) is 6.86. The van der Waals surface area contributed by atoms with E-state index in [1.807, 2.05) is 25.6 Å². The van der Waals surface area contributed by atoms with E-state index in [1.165, 1.54) is 12.8 Å². The minimum Gasteiger partial charge on any atom is -0.465 e. The van der Waals surface area contributed by atoms with E-state index in [9.17, 15) is 4.79 Å². The standard InChI is InChI=1S/C16H31NO2S/c1-6-19-14(18)16(5,17-13-9-10-13)11-7-8-12-20-15(2,3)4/h13,17H,6-12H2,1-5H3. The topological polar surface area (TPSA) is 38.3 Å². The van der Waals surface area contributed by atoms with Gasteiger partial charge in [0.25, 0.3) is 0 Å². The summed E-state index contributed by atoms with van der Waals surface area (Å²) in [4.78, 5) is 12.2.